The Labute approximate surface area is 181 Å². The highest BCUT2D eigenvalue weighted by atomic mass is 32.2. The van der Waals surface area contributed by atoms with E-state index in [1.54, 1.807) is 43.0 Å². The fraction of sp³-hybridized carbons (Fsp3) is 0.261. The van der Waals surface area contributed by atoms with E-state index in [1.165, 1.54) is 11.8 Å². The lowest BCUT2D eigenvalue weighted by molar-refractivity contribution is 0.0729. The van der Waals surface area contributed by atoms with Crippen LogP contribution in [0.2, 0.25) is 0 Å². The average Bonchev–Trinajstić information content (AvgIpc) is 2.78. The number of nitrogen functional groups attached to an aromatic ring is 1. The molecular formula is C23H24N4O3S. The summed E-state index contributed by atoms with van der Waals surface area (Å²) in [5.41, 5.74) is 9.58. The third-order valence-electron chi connectivity index (χ3n) is 5.52. The molecule has 0 aliphatic carbocycles. The van der Waals surface area contributed by atoms with Gasteiger partial charge in [0.15, 0.2) is 21.3 Å². The molecule has 2 aromatic carbocycles. The number of aromatic nitrogens is 2. The minimum Gasteiger partial charge on any atom is -0.382 e. The second kappa shape index (κ2) is 8.11. The molecule has 0 spiro atoms. The molecule has 2 N–H and O–H groups in total. The maximum atomic E-state index is 13.1. The predicted molar refractivity (Wildman–Crippen MR) is 119 cm³/mol. The zero-order chi connectivity index (χ0) is 22.2. The number of carbonyl (C=O) groups excluding carboxylic acids is 1. The Morgan fingerprint density at radius 1 is 1.06 bits per heavy atom. The first-order valence-electron chi connectivity index (χ1n) is 10.1. The van der Waals surface area contributed by atoms with Crippen molar-refractivity contribution in [3.8, 4) is 11.3 Å². The van der Waals surface area contributed by atoms with E-state index in [1.807, 2.05) is 18.2 Å². The summed E-state index contributed by atoms with van der Waals surface area (Å²) in [6.07, 6.45) is 2.27. The van der Waals surface area contributed by atoms with Crippen LogP contribution in [0.4, 0.5) is 5.82 Å². The molecule has 0 radical (unpaired) electrons. The van der Waals surface area contributed by atoms with Crippen molar-refractivity contribution in [3.63, 3.8) is 0 Å². The Morgan fingerprint density at radius 3 is 2.42 bits per heavy atom. The lowest BCUT2D eigenvalue weighted by Crippen LogP contribution is -2.37. The number of benzene rings is 2. The van der Waals surface area contributed by atoms with E-state index in [2.05, 4.69) is 16.0 Å². The van der Waals surface area contributed by atoms with Crippen molar-refractivity contribution in [1.82, 2.24) is 14.9 Å². The average molecular weight is 437 g/mol. The Morgan fingerprint density at radius 2 is 1.74 bits per heavy atom. The highest BCUT2D eigenvalue weighted by molar-refractivity contribution is 7.92. The Kier molecular flexibility index (Phi) is 5.49. The standard InChI is InChI=1S/C23H24N4O3S/c1-15(2)31(29,30)19-9-7-17(8-10-19)20-13-25-22(24)21(26-20)23(28)27-12-11-16-5-3-4-6-18(16)14-27/h3-10,13,15H,11-12,14H2,1-2H3,(H2,24,25). The number of nitrogens with two attached hydrogens (primary N) is 1. The summed E-state index contributed by atoms with van der Waals surface area (Å²) in [7, 11) is -3.36. The molecule has 2 heterocycles. The molecule has 160 valence electrons. The van der Waals surface area contributed by atoms with Gasteiger partial charge in [0.2, 0.25) is 0 Å². The molecule has 0 unspecified atom stereocenters. The van der Waals surface area contributed by atoms with Crippen LogP contribution in [-0.4, -0.2) is 41.0 Å². The second-order valence-corrected chi connectivity index (χ2v) is 10.4. The smallest absolute Gasteiger partial charge is 0.276 e. The summed E-state index contributed by atoms with van der Waals surface area (Å²) in [6, 6.07) is 14.5. The summed E-state index contributed by atoms with van der Waals surface area (Å²) in [5.74, 6) is -0.188. The molecule has 0 fully saturated rings. The van der Waals surface area contributed by atoms with Crippen molar-refractivity contribution < 1.29 is 13.2 Å². The van der Waals surface area contributed by atoms with Crippen LogP contribution in [0.3, 0.4) is 0 Å². The van der Waals surface area contributed by atoms with Gasteiger partial charge in [0, 0.05) is 18.7 Å². The topological polar surface area (TPSA) is 106 Å². The van der Waals surface area contributed by atoms with Crippen LogP contribution >= 0.6 is 0 Å². The van der Waals surface area contributed by atoms with Gasteiger partial charge < -0.3 is 10.6 Å². The summed E-state index contributed by atoms with van der Waals surface area (Å²) in [5, 5.41) is -0.506. The molecule has 1 aliphatic rings. The monoisotopic (exact) mass is 436 g/mol. The predicted octanol–water partition coefficient (Wildman–Crippen LogP) is 3.11. The molecule has 1 aliphatic heterocycles. The van der Waals surface area contributed by atoms with Crippen molar-refractivity contribution in [1.29, 1.82) is 0 Å². The van der Waals surface area contributed by atoms with E-state index in [-0.39, 0.29) is 22.3 Å². The quantitative estimate of drug-likeness (QED) is 0.674. The van der Waals surface area contributed by atoms with Crippen molar-refractivity contribution >= 4 is 21.6 Å². The van der Waals surface area contributed by atoms with Crippen molar-refractivity contribution in [2.24, 2.45) is 0 Å². The van der Waals surface area contributed by atoms with Crippen LogP contribution in [0.1, 0.15) is 35.5 Å². The number of sulfone groups is 1. The number of rotatable bonds is 4. The molecule has 0 atom stereocenters. The van der Waals surface area contributed by atoms with Gasteiger partial charge in [-0.3, -0.25) is 4.79 Å². The van der Waals surface area contributed by atoms with Gasteiger partial charge in [-0.25, -0.2) is 18.4 Å². The lowest BCUT2D eigenvalue weighted by atomic mass is 10.00. The van der Waals surface area contributed by atoms with Crippen LogP contribution in [0, 0.1) is 0 Å². The second-order valence-electron chi connectivity index (χ2n) is 7.85. The Balaban J connectivity index is 1.61. The van der Waals surface area contributed by atoms with Gasteiger partial charge in [-0.2, -0.15) is 0 Å². The van der Waals surface area contributed by atoms with E-state index in [0.717, 1.165) is 12.0 Å². The number of nitrogens with zero attached hydrogens (tertiary/aromatic N) is 3. The number of anilines is 1. The number of hydrogen-bond acceptors (Lipinski definition) is 6. The lowest BCUT2D eigenvalue weighted by Gasteiger charge is -2.28. The Hall–Kier alpha value is -3.26. The third-order valence-corrected chi connectivity index (χ3v) is 7.69. The summed E-state index contributed by atoms with van der Waals surface area (Å²) in [4.78, 5) is 23.8. The van der Waals surface area contributed by atoms with Crippen LogP contribution < -0.4 is 5.73 Å². The van der Waals surface area contributed by atoms with Gasteiger partial charge in [-0.15, -0.1) is 0 Å². The molecule has 1 amide bonds. The summed E-state index contributed by atoms with van der Waals surface area (Å²) in [6.45, 7) is 4.38. The molecule has 0 saturated carbocycles. The minimum atomic E-state index is -3.36. The highest BCUT2D eigenvalue weighted by Crippen LogP contribution is 2.25. The molecular weight excluding hydrogens is 412 g/mol. The van der Waals surface area contributed by atoms with Gasteiger partial charge >= 0.3 is 0 Å². The maximum Gasteiger partial charge on any atom is 0.276 e. The molecule has 0 saturated heterocycles. The number of carbonyl (C=O) groups is 1. The third kappa shape index (κ3) is 4.03. The first-order chi connectivity index (χ1) is 14.8. The number of hydrogen-bond donors (Lipinski definition) is 1. The molecule has 1 aromatic heterocycles. The van der Waals surface area contributed by atoms with E-state index >= 15 is 0 Å². The van der Waals surface area contributed by atoms with E-state index in [9.17, 15) is 13.2 Å². The van der Waals surface area contributed by atoms with Crippen molar-refractivity contribution in [3.05, 3.63) is 71.5 Å². The largest absolute Gasteiger partial charge is 0.382 e. The van der Waals surface area contributed by atoms with Gasteiger partial charge in [0.25, 0.3) is 5.91 Å². The molecule has 8 heteroatoms. The van der Waals surface area contributed by atoms with Crippen molar-refractivity contribution in [2.45, 2.75) is 37.0 Å². The fourth-order valence-corrected chi connectivity index (χ4v) is 4.66. The Bertz CT molecular complexity index is 1240. The fourth-order valence-electron chi connectivity index (χ4n) is 3.60. The first kappa shape index (κ1) is 21.0. The summed E-state index contributed by atoms with van der Waals surface area (Å²) >= 11 is 0. The van der Waals surface area contributed by atoms with Gasteiger partial charge in [-0.05, 0) is 43.5 Å². The maximum absolute atomic E-state index is 13.1. The van der Waals surface area contributed by atoms with E-state index < -0.39 is 15.1 Å². The molecule has 4 rings (SSSR count). The normalized spacial score (nSPS) is 13.8. The van der Waals surface area contributed by atoms with E-state index in [0.29, 0.717) is 24.3 Å². The van der Waals surface area contributed by atoms with Gasteiger partial charge in [0.05, 0.1) is 22.0 Å². The zero-order valence-electron chi connectivity index (χ0n) is 17.4. The first-order valence-corrected chi connectivity index (χ1v) is 11.6. The minimum absolute atomic E-state index is 0.0756. The molecule has 31 heavy (non-hydrogen) atoms. The number of fused-ring (bicyclic) bond motifs is 1. The van der Waals surface area contributed by atoms with Crippen LogP contribution in [0.25, 0.3) is 11.3 Å². The van der Waals surface area contributed by atoms with Crippen LogP contribution in [0.15, 0.2) is 59.6 Å². The SMILES string of the molecule is CC(C)S(=O)(=O)c1ccc(-c2cnc(N)c(C(=O)N3CCc4ccccc4C3)n2)cc1. The summed E-state index contributed by atoms with van der Waals surface area (Å²) < 4.78 is 24.7. The highest BCUT2D eigenvalue weighted by Gasteiger charge is 2.25. The molecule has 3 aromatic rings. The zero-order valence-corrected chi connectivity index (χ0v) is 18.3. The van der Waals surface area contributed by atoms with E-state index in [4.69, 9.17) is 5.73 Å². The molecule has 7 nitrogen and oxygen atoms in total. The van der Waals surface area contributed by atoms with Crippen molar-refractivity contribution in [2.75, 3.05) is 12.3 Å². The van der Waals surface area contributed by atoms with Crippen LogP contribution in [-0.2, 0) is 22.8 Å². The van der Waals surface area contributed by atoms with Gasteiger partial charge in [-0.1, -0.05) is 36.4 Å². The number of amides is 1. The van der Waals surface area contributed by atoms with Gasteiger partial charge in [0.1, 0.15) is 0 Å². The molecule has 0 bridgehead atoms. The van der Waals surface area contributed by atoms with Crippen LogP contribution in [0.5, 0.6) is 0 Å².